The molecule has 0 aromatic heterocycles. The van der Waals surface area contributed by atoms with Crippen molar-refractivity contribution in [2.75, 3.05) is 13.1 Å². The second-order valence-electron chi connectivity index (χ2n) is 3.88. The smallest absolute Gasteiger partial charge is 0.121 e. The van der Waals surface area contributed by atoms with Gasteiger partial charge >= 0.3 is 0 Å². The fourth-order valence-corrected chi connectivity index (χ4v) is 2.26. The van der Waals surface area contributed by atoms with Gasteiger partial charge in [-0.15, -0.1) is 0 Å². The summed E-state index contributed by atoms with van der Waals surface area (Å²) in [5.41, 5.74) is 0. The number of aldehydes is 1. The zero-order valence-corrected chi connectivity index (χ0v) is 8.67. The van der Waals surface area contributed by atoms with Crippen LogP contribution in [0.25, 0.3) is 0 Å². The first-order chi connectivity index (χ1) is 6.38. The van der Waals surface area contributed by atoms with E-state index in [0.29, 0.717) is 6.42 Å². The number of hydrogen-bond acceptors (Lipinski definition) is 2. The van der Waals surface area contributed by atoms with E-state index in [4.69, 9.17) is 0 Å². The Bertz CT molecular complexity index is 141. The number of carbonyl (C=O) groups excluding carboxylic acids is 1. The zero-order chi connectivity index (χ0) is 9.52. The summed E-state index contributed by atoms with van der Waals surface area (Å²) in [6.07, 6.45) is 8.57. The standard InChI is InChI=1S/C11H21NO/c1-2-12(9-6-10-13)11-7-4-3-5-8-11/h10-11H,2-9H2,1H3. The van der Waals surface area contributed by atoms with Crippen molar-refractivity contribution in [3.8, 4) is 0 Å². The summed E-state index contributed by atoms with van der Waals surface area (Å²) >= 11 is 0. The lowest BCUT2D eigenvalue weighted by Gasteiger charge is -2.33. The van der Waals surface area contributed by atoms with E-state index in [9.17, 15) is 4.79 Å². The van der Waals surface area contributed by atoms with Gasteiger partial charge in [0, 0.05) is 19.0 Å². The van der Waals surface area contributed by atoms with Crippen molar-refractivity contribution in [1.82, 2.24) is 4.90 Å². The lowest BCUT2D eigenvalue weighted by atomic mass is 9.94. The van der Waals surface area contributed by atoms with Gasteiger partial charge in [-0.2, -0.15) is 0 Å². The molecule has 2 heteroatoms. The maximum Gasteiger partial charge on any atom is 0.121 e. The molecule has 76 valence electrons. The maximum atomic E-state index is 10.3. The maximum absolute atomic E-state index is 10.3. The van der Waals surface area contributed by atoms with E-state index >= 15 is 0 Å². The summed E-state index contributed by atoms with van der Waals surface area (Å²) in [5, 5.41) is 0. The molecule has 1 aliphatic carbocycles. The predicted octanol–water partition coefficient (Wildman–Crippen LogP) is 2.23. The van der Waals surface area contributed by atoms with Crippen LogP contribution in [0.1, 0.15) is 45.4 Å². The molecule has 2 nitrogen and oxygen atoms in total. The van der Waals surface area contributed by atoms with Crippen LogP contribution in [0.4, 0.5) is 0 Å². The molecule has 0 amide bonds. The molecule has 0 bridgehead atoms. The summed E-state index contributed by atoms with van der Waals surface area (Å²) in [7, 11) is 0. The van der Waals surface area contributed by atoms with Gasteiger partial charge in [-0.05, 0) is 19.4 Å². The topological polar surface area (TPSA) is 20.3 Å². The monoisotopic (exact) mass is 183 g/mol. The van der Waals surface area contributed by atoms with Gasteiger partial charge in [0.15, 0.2) is 0 Å². The van der Waals surface area contributed by atoms with Gasteiger partial charge < -0.3 is 9.69 Å². The number of carbonyl (C=O) groups is 1. The molecule has 0 atom stereocenters. The van der Waals surface area contributed by atoms with Gasteiger partial charge in [0.1, 0.15) is 6.29 Å². The molecule has 0 N–H and O–H groups in total. The molecule has 1 saturated carbocycles. The summed E-state index contributed by atoms with van der Waals surface area (Å²) in [6, 6.07) is 0.763. The zero-order valence-electron chi connectivity index (χ0n) is 8.67. The first kappa shape index (κ1) is 10.7. The molecule has 0 aromatic rings. The second kappa shape index (κ2) is 6.14. The van der Waals surface area contributed by atoms with Gasteiger partial charge in [0.2, 0.25) is 0 Å². The molecule has 1 rings (SSSR count). The SMILES string of the molecule is CCN(CCC=O)C1CCCCC1. The van der Waals surface area contributed by atoms with Gasteiger partial charge in [-0.25, -0.2) is 0 Å². The highest BCUT2D eigenvalue weighted by Crippen LogP contribution is 2.22. The highest BCUT2D eigenvalue weighted by Gasteiger charge is 2.18. The second-order valence-corrected chi connectivity index (χ2v) is 3.88. The number of nitrogens with zero attached hydrogens (tertiary/aromatic N) is 1. The molecular formula is C11H21NO. The van der Waals surface area contributed by atoms with Crippen molar-refractivity contribution in [3.05, 3.63) is 0 Å². The average Bonchev–Trinajstić information content (AvgIpc) is 2.21. The first-order valence-corrected chi connectivity index (χ1v) is 5.56. The minimum absolute atomic E-state index is 0.699. The Kier molecular flexibility index (Phi) is 5.06. The van der Waals surface area contributed by atoms with Gasteiger partial charge in [0.05, 0.1) is 0 Å². The van der Waals surface area contributed by atoms with E-state index < -0.39 is 0 Å². The predicted molar refractivity (Wildman–Crippen MR) is 54.8 cm³/mol. The van der Waals surface area contributed by atoms with E-state index in [2.05, 4.69) is 11.8 Å². The lowest BCUT2D eigenvalue weighted by Crippen LogP contribution is -2.37. The fraction of sp³-hybridized carbons (Fsp3) is 0.909. The Morgan fingerprint density at radius 3 is 2.54 bits per heavy atom. The van der Waals surface area contributed by atoms with Crippen LogP contribution >= 0.6 is 0 Å². The largest absolute Gasteiger partial charge is 0.303 e. The van der Waals surface area contributed by atoms with Crippen LogP contribution in [0.15, 0.2) is 0 Å². The summed E-state index contributed by atoms with van der Waals surface area (Å²) < 4.78 is 0. The van der Waals surface area contributed by atoms with Gasteiger partial charge in [-0.3, -0.25) is 0 Å². The Morgan fingerprint density at radius 1 is 1.31 bits per heavy atom. The Morgan fingerprint density at radius 2 is 2.00 bits per heavy atom. The molecule has 0 aliphatic heterocycles. The Hall–Kier alpha value is -0.370. The fourth-order valence-electron chi connectivity index (χ4n) is 2.26. The van der Waals surface area contributed by atoms with Gasteiger partial charge in [0.25, 0.3) is 0 Å². The van der Waals surface area contributed by atoms with Gasteiger partial charge in [-0.1, -0.05) is 26.2 Å². The molecule has 0 aromatic carbocycles. The third kappa shape index (κ3) is 3.47. The Labute approximate surface area is 81.3 Å². The molecule has 0 spiro atoms. The van der Waals surface area contributed by atoms with Crippen LogP contribution in [-0.2, 0) is 4.79 Å². The van der Waals surface area contributed by atoms with E-state index in [-0.39, 0.29) is 0 Å². The third-order valence-corrected chi connectivity index (χ3v) is 3.03. The third-order valence-electron chi connectivity index (χ3n) is 3.03. The van der Waals surface area contributed by atoms with Crippen molar-refractivity contribution in [2.45, 2.75) is 51.5 Å². The van der Waals surface area contributed by atoms with Crippen molar-refractivity contribution < 1.29 is 4.79 Å². The minimum Gasteiger partial charge on any atom is -0.303 e. The van der Waals surface area contributed by atoms with Crippen LogP contribution in [0.2, 0.25) is 0 Å². The molecule has 1 aliphatic rings. The molecule has 1 fully saturated rings. The molecule has 0 radical (unpaired) electrons. The van der Waals surface area contributed by atoms with E-state index in [1.54, 1.807) is 0 Å². The van der Waals surface area contributed by atoms with Crippen molar-refractivity contribution in [3.63, 3.8) is 0 Å². The van der Waals surface area contributed by atoms with Crippen LogP contribution in [0.3, 0.4) is 0 Å². The quantitative estimate of drug-likeness (QED) is 0.609. The highest BCUT2D eigenvalue weighted by atomic mass is 16.1. The van der Waals surface area contributed by atoms with Crippen LogP contribution in [-0.4, -0.2) is 30.3 Å². The summed E-state index contributed by atoms with van der Waals surface area (Å²) in [6.45, 7) is 4.25. The molecule has 13 heavy (non-hydrogen) atoms. The number of hydrogen-bond donors (Lipinski definition) is 0. The van der Waals surface area contributed by atoms with E-state index in [1.165, 1.54) is 32.1 Å². The molecular weight excluding hydrogens is 162 g/mol. The minimum atomic E-state index is 0.699. The van der Waals surface area contributed by atoms with E-state index in [1.807, 2.05) is 0 Å². The number of rotatable bonds is 5. The van der Waals surface area contributed by atoms with Crippen LogP contribution in [0.5, 0.6) is 0 Å². The average molecular weight is 183 g/mol. The van der Waals surface area contributed by atoms with E-state index in [0.717, 1.165) is 25.4 Å². The molecule has 0 heterocycles. The van der Waals surface area contributed by atoms with Crippen LogP contribution in [0, 0.1) is 0 Å². The van der Waals surface area contributed by atoms with Crippen LogP contribution < -0.4 is 0 Å². The van der Waals surface area contributed by atoms with Crippen molar-refractivity contribution in [1.29, 1.82) is 0 Å². The lowest BCUT2D eigenvalue weighted by molar-refractivity contribution is -0.108. The highest BCUT2D eigenvalue weighted by molar-refractivity contribution is 5.49. The van der Waals surface area contributed by atoms with Crippen molar-refractivity contribution in [2.24, 2.45) is 0 Å². The molecule has 0 saturated heterocycles. The summed E-state index contributed by atoms with van der Waals surface area (Å²) in [4.78, 5) is 12.7. The molecule has 0 unspecified atom stereocenters. The normalized spacial score (nSPS) is 19.2. The first-order valence-electron chi connectivity index (χ1n) is 5.56. The van der Waals surface area contributed by atoms with Crippen molar-refractivity contribution >= 4 is 6.29 Å². The Balaban J connectivity index is 2.29. The summed E-state index contributed by atoms with van der Waals surface area (Å²) in [5.74, 6) is 0.